The van der Waals surface area contributed by atoms with Gasteiger partial charge in [0.1, 0.15) is 0 Å². The first-order chi connectivity index (χ1) is 9.00. The van der Waals surface area contributed by atoms with Gasteiger partial charge in [-0.05, 0) is 16.6 Å². The maximum absolute atomic E-state index is 5.65. The number of hydrogen-bond donors (Lipinski definition) is 0. The zero-order valence-electron chi connectivity index (χ0n) is 12.2. The summed E-state index contributed by atoms with van der Waals surface area (Å²) in [6, 6.07) is 10.4. The Morgan fingerprint density at radius 1 is 1.16 bits per heavy atom. The van der Waals surface area contributed by atoms with E-state index in [-0.39, 0.29) is 5.41 Å². The van der Waals surface area contributed by atoms with Crippen LogP contribution in [0.1, 0.15) is 32.8 Å². The van der Waals surface area contributed by atoms with Gasteiger partial charge in [0.25, 0.3) is 5.95 Å². The fourth-order valence-corrected chi connectivity index (χ4v) is 2.16. The van der Waals surface area contributed by atoms with Crippen molar-refractivity contribution in [3.8, 4) is 0 Å². The van der Waals surface area contributed by atoms with Crippen molar-refractivity contribution in [1.29, 1.82) is 0 Å². The van der Waals surface area contributed by atoms with E-state index in [9.17, 15) is 0 Å². The Bertz CT molecular complexity index is 490. The molecule has 0 spiro atoms. The zero-order valence-corrected chi connectivity index (χ0v) is 12.2. The van der Waals surface area contributed by atoms with E-state index >= 15 is 0 Å². The molecule has 1 aliphatic rings. The lowest BCUT2D eigenvalue weighted by atomic mass is 9.82. The molecule has 2 rings (SSSR count). The van der Waals surface area contributed by atoms with Gasteiger partial charge in [0, 0.05) is 18.4 Å². The van der Waals surface area contributed by atoms with E-state index in [1.165, 1.54) is 16.7 Å². The summed E-state index contributed by atoms with van der Waals surface area (Å²) in [7, 11) is 1.66. The number of allylic oxidation sites excluding steroid dienone is 2. The van der Waals surface area contributed by atoms with Gasteiger partial charge in [-0.3, -0.25) is 0 Å². The maximum atomic E-state index is 5.65. The molecule has 1 aliphatic heterocycles. The summed E-state index contributed by atoms with van der Waals surface area (Å²) in [5.41, 5.74) is 3.92. The van der Waals surface area contributed by atoms with Gasteiger partial charge in [-0.2, -0.15) is 0 Å². The van der Waals surface area contributed by atoms with Gasteiger partial charge in [0.05, 0.1) is 13.4 Å². The van der Waals surface area contributed by atoms with Gasteiger partial charge in [-0.1, -0.05) is 51.1 Å². The lowest BCUT2D eigenvalue weighted by Crippen LogP contribution is -2.16. The predicted molar refractivity (Wildman–Crippen MR) is 77.4 cm³/mol. The molecule has 0 radical (unpaired) electrons. The molecule has 0 unspecified atom stereocenters. The van der Waals surface area contributed by atoms with Crippen LogP contribution in [0.5, 0.6) is 0 Å². The summed E-state index contributed by atoms with van der Waals surface area (Å²) in [4.78, 5) is 0. The number of hydrogen-bond acceptors (Lipinski definition) is 2. The minimum Gasteiger partial charge on any atom is -0.469 e. The monoisotopic (exact) mass is 258 g/mol. The molecule has 0 saturated heterocycles. The Labute approximate surface area is 115 Å². The highest BCUT2D eigenvalue weighted by atomic mass is 16.7. The summed E-state index contributed by atoms with van der Waals surface area (Å²) < 4.78 is 11.0. The van der Waals surface area contributed by atoms with Crippen LogP contribution < -0.4 is 0 Å². The van der Waals surface area contributed by atoms with E-state index in [1.54, 1.807) is 7.11 Å². The first kappa shape index (κ1) is 13.7. The summed E-state index contributed by atoms with van der Waals surface area (Å²) >= 11 is 0. The van der Waals surface area contributed by atoms with Crippen LogP contribution in [-0.2, 0) is 15.9 Å². The highest BCUT2D eigenvalue weighted by Crippen LogP contribution is 2.36. The van der Waals surface area contributed by atoms with Gasteiger partial charge in [0.2, 0.25) is 0 Å². The Morgan fingerprint density at radius 3 is 2.42 bits per heavy atom. The SMILES string of the molecule is COC1=C(Cc2ccccc2)CC(C(C)(C)C)=CO1. The first-order valence-corrected chi connectivity index (χ1v) is 6.67. The van der Waals surface area contributed by atoms with Crippen molar-refractivity contribution in [2.45, 2.75) is 33.6 Å². The van der Waals surface area contributed by atoms with Gasteiger partial charge in [0.15, 0.2) is 0 Å². The average Bonchev–Trinajstić information content (AvgIpc) is 2.39. The molecule has 1 aromatic rings. The van der Waals surface area contributed by atoms with Crippen LogP contribution in [0.25, 0.3) is 0 Å². The molecule has 0 amide bonds. The van der Waals surface area contributed by atoms with Crippen molar-refractivity contribution in [2.24, 2.45) is 5.41 Å². The lowest BCUT2D eigenvalue weighted by molar-refractivity contribution is 0.105. The van der Waals surface area contributed by atoms with Crippen LogP contribution in [0.15, 0.2) is 53.7 Å². The van der Waals surface area contributed by atoms with Crippen molar-refractivity contribution in [1.82, 2.24) is 0 Å². The molecule has 19 heavy (non-hydrogen) atoms. The number of methoxy groups -OCH3 is 1. The average molecular weight is 258 g/mol. The second-order valence-corrected chi connectivity index (χ2v) is 5.95. The van der Waals surface area contributed by atoms with Crippen molar-refractivity contribution >= 4 is 0 Å². The van der Waals surface area contributed by atoms with Crippen LogP contribution in [0, 0.1) is 5.41 Å². The van der Waals surface area contributed by atoms with Crippen molar-refractivity contribution in [3.63, 3.8) is 0 Å². The van der Waals surface area contributed by atoms with Crippen molar-refractivity contribution in [2.75, 3.05) is 7.11 Å². The Balaban J connectivity index is 2.19. The molecule has 1 aromatic carbocycles. The molecule has 0 fully saturated rings. The Hall–Kier alpha value is -1.70. The zero-order chi connectivity index (χ0) is 13.9. The molecule has 0 bridgehead atoms. The smallest absolute Gasteiger partial charge is 0.283 e. The molecule has 1 heterocycles. The highest BCUT2D eigenvalue weighted by molar-refractivity contribution is 5.29. The molecule has 0 N–H and O–H groups in total. The number of benzene rings is 1. The molecule has 0 aromatic heterocycles. The second-order valence-electron chi connectivity index (χ2n) is 5.95. The number of rotatable bonds is 3. The standard InChI is InChI=1S/C17H22O2/c1-17(2,3)15-11-14(16(18-4)19-12-15)10-13-8-6-5-7-9-13/h5-9,12H,10-11H2,1-4H3. The molecule has 0 aliphatic carbocycles. The largest absolute Gasteiger partial charge is 0.469 e. The topological polar surface area (TPSA) is 18.5 Å². The van der Waals surface area contributed by atoms with E-state index in [4.69, 9.17) is 9.47 Å². The van der Waals surface area contributed by atoms with E-state index < -0.39 is 0 Å². The van der Waals surface area contributed by atoms with Crippen LogP contribution in [0.3, 0.4) is 0 Å². The minimum atomic E-state index is 0.126. The van der Waals surface area contributed by atoms with E-state index in [0.717, 1.165) is 12.8 Å². The summed E-state index contributed by atoms with van der Waals surface area (Å²) in [6.45, 7) is 6.63. The third-order valence-electron chi connectivity index (χ3n) is 3.41. The minimum absolute atomic E-state index is 0.126. The molecular formula is C17H22O2. The Kier molecular flexibility index (Phi) is 3.98. The highest BCUT2D eigenvalue weighted by Gasteiger charge is 2.25. The first-order valence-electron chi connectivity index (χ1n) is 6.67. The fourth-order valence-electron chi connectivity index (χ4n) is 2.16. The second kappa shape index (κ2) is 5.52. The van der Waals surface area contributed by atoms with Gasteiger partial charge < -0.3 is 9.47 Å². The summed E-state index contributed by atoms with van der Waals surface area (Å²) in [6.07, 6.45) is 3.63. The molecule has 0 saturated carbocycles. The lowest BCUT2D eigenvalue weighted by Gasteiger charge is -2.28. The van der Waals surface area contributed by atoms with Crippen molar-refractivity contribution in [3.05, 3.63) is 59.2 Å². The molecule has 102 valence electrons. The van der Waals surface area contributed by atoms with Gasteiger partial charge >= 0.3 is 0 Å². The summed E-state index contributed by atoms with van der Waals surface area (Å²) in [5, 5.41) is 0. The molecule has 0 atom stereocenters. The third kappa shape index (κ3) is 3.40. The van der Waals surface area contributed by atoms with Crippen LogP contribution >= 0.6 is 0 Å². The van der Waals surface area contributed by atoms with Crippen molar-refractivity contribution < 1.29 is 9.47 Å². The molecular weight excluding hydrogens is 236 g/mol. The van der Waals surface area contributed by atoms with Crippen LogP contribution in [0.4, 0.5) is 0 Å². The van der Waals surface area contributed by atoms with Gasteiger partial charge in [-0.25, -0.2) is 0 Å². The van der Waals surface area contributed by atoms with E-state index in [1.807, 2.05) is 12.3 Å². The van der Waals surface area contributed by atoms with E-state index in [0.29, 0.717) is 5.95 Å². The predicted octanol–water partition coefficient (Wildman–Crippen LogP) is 4.44. The number of ether oxygens (including phenoxy) is 2. The van der Waals surface area contributed by atoms with E-state index in [2.05, 4.69) is 45.0 Å². The molecule has 2 nitrogen and oxygen atoms in total. The van der Waals surface area contributed by atoms with Crippen LogP contribution in [-0.4, -0.2) is 7.11 Å². The third-order valence-corrected chi connectivity index (χ3v) is 3.41. The fraction of sp³-hybridized carbons (Fsp3) is 0.412. The van der Waals surface area contributed by atoms with Crippen LogP contribution in [0.2, 0.25) is 0 Å². The summed E-state index contributed by atoms with van der Waals surface area (Å²) in [5.74, 6) is 0.650. The quantitative estimate of drug-likeness (QED) is 0.798. The van der Waals surface area contributed by atoms with Gasteiger partial charge in [-0.15, -0.1) is 0 Å². The normalized spacial score (nSPS) is 15.9. The molecule has 2 heteroatoms. The maximum Gasteiger partial charge on any atom is 0.283 e. The Morgan fingerprint density at radius 2 is 1.84 bits per heavy atom.